The van der Waals surface area contributed by atoms with Crippen molar-refractivity contribution in [3.8, 4) is 0 Å². The number of hydrogen-bond donors (Lipinski definition) is 0. The maximum atomic E-state index is 12.5. The number of aryl methyl sites for hydroxylation is 2. The van der Waals surface area contributed by atoms with E-state index in [9.17, 15) is 13.2 Å². The maximum Gasteiger partial charge on any atom is 0.279 e. The van der Waals surface area contributed by atoms with Crippen molar-refractivity contribution >= 4 is 37.5 Å². The Bertz CT molecular complexity index is 1170. The lowest BCUT2D eigenvalue weighted by molar-refractivity contribution is 0.0998. The molecule has 8 heteroatoms. The van der Waals surface area contributed by atoms with Crippen LogP contribution in [-0.2, 0) is 23.5 Å². The van der Waals surface area contributed by atoms with Crippen molar-refractivity contribution < 1.29 is 13.2 Å². The minimum absolute atomic E-state index is 0.142. The molecule has 1 amide bonds. The van der Waals surface area contributed by atoms with Gasteiger partial charge in [0.15, 0.2) is 4.80 Å². The van der Waals surface area contributed by atoms with E-state index in [-0.39, 0.29) is 4.90 Å². The van der Waals surface area contributed by atoms with E-state index in [4.69, 9.17) is 0 Å². The zero-order chi connectivity index (χ0) is 19.8. The number of carbonyl (C=O) groups excluding carboxylic acids is 1. The Labute approximate surface area is 162 Å². The van der Waals surface area contributed by atoms with E-state index in [2.05, 4.69) is 24.0 Å². The Morgan fingerprint density at radius 1 is 1.15 bits per heavy atom. The van der Waals surface area contributed by atoms with Gasteiger partial charge >= 0.3 is 0 Å². The summed E-state index contributed by atoms with van der Waals surface area (Å²) in [5, 5.41) is 0. The Hall–Kier alpha value is -2.29. The molecule has 0 radical (unpaired) electrons. The molecule has 27 heavy (non-hydrogen) atoms. The van der Waals surface area contributed by atoms with E-state index in [1.807, 2.05) is 17.7 Å². The van der Waals surface area contributed by atoms with Crippen LogP contribution < -0.4 is 4.80 Å². The fraction of sp³-hybridized carbons (Fsp3) is 0.263. The molecule has 2 aromatic carbocycles. The number of amides is 1. The van der Waals surface area contributed by atoms with Gasteiger partial charge in [-0.25, -0.2) is 12.7 Å². The number of rotatable bonds is 4. The number of nitrogens with zero attached hydrogens (tertiary/aromatic N) is 3. The lowest BCUT2D eigenvalue weighted by atomic mass is 10.2. The minimum Gasteiger partial charge on any atom is -0.319 e. The average molecular weight is 404 g/mol. The summed E-state index contributed by atoms with van der Waals surface area (Å²) in [6, 6.07) is 12.1. The summed E-state index contributed by atoms with van der Waals surface area (Å²) in [6.07, 6.45) is 0.950. The van der Waals surface area contributed by atoms with E-state index >= 15 is 0 Å². The quantitative estimate of drug-likeness (QED) is 0.672. The highest BCUT2D eigenvalue weighted by Crippen LogP contribution is 2.19. The molecule has 0 N–H and O–H groups in total. The standard InChI is InChI=1S/C19H21N3O3S2/c1-5-13-6-11-16-17(12-13)26-19(22(16)4)20-18(23)14-7-9-15(10-8-14)27(24,25)21(2)3/h6-12H,5H2,1-4H3. The largest absolute Gasteiger partial charge is 0.319 e. The molecule has 0 fully saturated rings. The van der Waals surface area contributed by atoms with Crippen LogP contribution in [0, 0.1) is 0 Å². The van der Waals surface area contributed by atoms with Crippen LogP contribution in [0.3, 0.4) is 0 Å². The Morgan fingerprint density at radius 3 is 2.41 bits per heavy atom. The maximum absolute atomic E-state index is 12.5. The summed E-state index contributed by atoms with van der Waals surface area (Å²) in [4.78, 5) is 17.5. The van der Waals surface area contributed by atoms with Gasteiger partial charge in [-0.2, -0.15) is 4.99 Å². The molecule has 6 nitrogen and oxygen atoms in total. The van der Waals surface area contributed by atoms with Crippen LogP contribution >= 0.6 is 11.3 Å². The van der Waals surface area contributed by atoms with Crippen molar-refractivity contribution in [1.29, 1.82) is 0 Å². The number of carbonyl (C=O) groups is 1. The molecule has 0 aliphatic rings. The highest BCUT2D eigenvalue weighted by Gasteiger charge is 2.17. The van der Waals surface area contributed by atoms with E-state index < -0.39 is 15.9 Å². The third-order valence-electron chi connectivity index (χ3n) is 4.36. The van der Waals surface area contributed by atoms with Crippen molar-refractivity contribution in [1.82, 2.24) is 8.87 Å². The molecule has 0 unspecified atom stereocenters. The molecule has 0 saturated carbocycles. The second-order valence-electron chi connectivity index (χ2n) is 6.33. The lowest BCUT2D eigenvalue weighted by Gasteiger charge is -2.11. The van der Waals surface area contributed by atoms with E-state index in [1.165, 1.54) is 55.3 Å². The van der Waals surface area contributed by atoms with E-state index in [0.717, 1.165) is 20.9 Å². The van der Waals surface area contributed by atoms with Gasteiger partial charge in [0.25, 0.3) is 5.91 Å². The first kappa shape index (κ1) is 19.5. The van der Waals surface area contributed by atoms with Crippen LogP contribution in [0.4, 0.5) is 0 Å². The normalized spacial score (nSPS) is 12.9. The first-order valence-electron chi connectivity index (χ1n) is 8.44. The molecule has 0 saturated heterocycles. The number of thiazole rings is 1. The van der Waals surface area contributed by atoms with Crippen molar-refractivity contribution in [2.45, 2.75) is 18.2 Å². The smallest absolute Gasteiger partial charge is 0.279 e. The first-order chi connectivity index (χ1) is 12.7. The van der Waals surface area contributed by atoms with Gasteiger partial charge in [0.05, 0.1) is 15.1 Å². The van der Waals surface area contributed by atoms with Crippen LogP contribution in [-0.4, -0.2) is 37.3 Å². The van der Waals surface area contributed by atoms with Crippen molar-refractivity contribution in [2.75, 3.05) is 14.1 Å². The van der Waals surface area contributed by atoms with Crippen molar-refractivity contribution in [2.24, 2.45) is 12.0 Å². The average Bonchev–Trinajstić information content (AvgIpc) is 2.96. The van der Waals surface area contributed by atoms with Gasteiger partial charge in [-0.15, -0.1) is 0 Å². The number of hydrogen-bond acceptors (Lipinski definition) is 4. The third-order valence-corrected chi connectivity index (χ3v) is 7.28. The summed E-state index contributed by atoms with van der Waals surface area (Å²) >= 11 is 1.46. The highest BCUT2D eigenvalue weighted by atomic mass is 32.2. The highest BCUT2D eigenvalue weighted by molar-refractivity contribution is 7.89. The Morgan fingerprint density at radius 2 is 1.81 bits per heavy atom. The number of aromatic nitrogens is 1. The Balaban J connectivity index is 1.97. The van der Waals surface area contributed by atoms with Crippen LogP contribution in [0.2, 0.25) is 0 Å². The molecule has 0 atom stereocenters. The molecule has 3 rings (SSSR count). The Kier molecular flexibility index (Phi) is 5.32. The molecular weight excluding hydrogens is 382 g/mol. The predicted molar refractivity (Wildman–Crippen MR) is 107 cm³/mol. The monoisotopic (exact) mass is 403 g/mol. The van der Waals surface area contributed by atoms with Gasteiger partial charge < -0.3 is 4.57 Å². The molecule has 0 bridgehead atoms. The zero-order valence-electron chi connectivity index (χ0n) is 15.6. The van der Waals surface area contributed by atoms with Crippen molar-refractivity contribution in [3.05, 3.63) is 58.4 Å². The predicted octanol–water partition coefficient (Wildman–Crippen LogP) is 2.79. The first-order valence-corrected chi connectivity index (χ1v) is 10.7. The second kappa shape index (κ2) is 7.38. The fourth-order valence-corrected chi connectivity index (χ4v) is 4.62. The molecule has 1 aromatic heterocycles. The molecule has 1 heterocycles. The molecule has 142 valence electrons. The number of fused-ring (bicyclic) bond motifs is 1. The SMILES string of the molecule is CCc1ccc2c(c1)sc(=NC(=O)c1ccc(S(=O)(=O)N(C)C)cc1)n2C. The van der Waals surface area contributed by atoms with Crippen LogP contribution in [0.1, 0.15) is 22.8 Å². The van der Waals surface area contributed by atoms with Crippen LogP contribution in [0.25, 0.3) is 10.2 Å². The van der Waals surface area contributed by atoms with Gasteiger partial charge in [-0.1, -0.05) is 24.3 Å². The summed E-state index contributed by atoms with van der Waals surface area (Å²) in [5.74, 6) is -0.401. The summed E-state index contributed by atoms with van der Waals surface area (Å²) in [6.45, 7) is 2.10. The van der Waals surface area contributed by atoms with Gasteiger partial charge in [0.2, 0.25) is 10.0 Å². The van der Waals surface area contributed by atoms with Gasteiger partial charge in [0, 0.05) is 26.7 Å². The molecule has 0 aliphatic heterocycles. The molecular formula is C19H21N3O3S2. The summed E-state index contributed by atoms with van der Waals surface area (Å²) < 4.78 is 28.3. The van der Waals surface area contributed by atoms with Gasteiger partial charge in [-0.05, 0) is 48.4 Å². The van der Waals surface area contributed by atoms with Crippen LogP contribution in [0.15, 0.2) is 52.4 Å². The summed E-state index contributed by atoms with van der Waals surface area (Å²) in [7, 11) is 1.29. The zero-order valence-corrected chi connectivity index (χ0v) is 17.3. The lowest BCUT2D eigenvalue weighted by Crippen LogP contribution is -2.22. The molecule has 0 spiro atoms. The van der Waals surface area contributed by atoms with Gasteiger partial charge in [-0.3, -0.25) is 4.79 Å². The topological polar surface area (TPSA) is 71.7 Å². The summed E-state index contributed by atoms with van der Waals surface area (Å²) in [5.41, 5.74) is 2.61. The van der Waals surface area contributed by atoms with E-state index in [0.29, 0.717) is 10.4 Å². The van der Waals surface area contributed by atoms with Gasteiger partial charge in [0.1, 0.15) is 0 Å². The number of sulfonamides is 1. The fourth-order valence-electron chi connectivity index (χ4n) is 2.64. The molecule has 3 aromatic rings. The number of benzene rings is 2. The molecule has 0 aliphatic carbocycles. The van der Waals surface area contributed by atoms with Crippen LogP contribution in [0.5, 0.6) is 0 Å². The second-order valence-corrected chi connectivity index (χ2v) is 9.49. The van der Waals surface area contributed by atoms with E-state index in [1.54, 1.807) is 0 Å². The third kappa shape index (κ3) is 3.73. The van der Waals surface area contributed by atoms with Crippen molar-refractivity contribution in [3.63, 3.8) is 0 Å². The minimum atomic E-state index is -3.52.